The number of aromatic nitrogens is 2. The quantitative estimate of drug-likeness (QED) is 0.322. The van der Waals surface area contributed by atoms with E-state index in [0.717, 1.165) is 0 Å². The number of hydrogen-bond acceptors (Lipinski definition) is 5. The molecular weight excluding hydrogens is 176 g/mol. The highest BCUT2D eigenvalue weighted by molar-refractivity contribution is 5.38. The fourth-order valence-electron chi connectivity index (χ4n) is 0.889. The highest BCUT2D eigenvalue weighted by Gasteiger charge is 2.19. The first-order chi connectivity index (χ1) is 6.16. The van der Waals surface area contributed by atoms with Crippen LogP contribution in [0.5, 0.6) is 0 Å². The Morgan fingerprint density at radius 1 is 1.85 bits per heavy atom. The molecule has 1 unspecified atom stereocenters. The minimum atomic E-state index is -0.612. The molecule has 0 saturated heterocycles. The highest BCUT2D eigenvalue weighted by Crippen LogP contribution is 2.23. The first-order valence-electron chi connectivity index (χ1n) is 3.41. The molecule has 0 bridgehead atoms. The predicted molar refractivity (Wildman–Crippen MR) is 41.8 cm³/mol. The van der Waals surface area contributed by atoms with Gasteiger partial charge in [-0.25, -0.2) is 4.79 Å². The molecule has 68 valence electrons. The number of hydrogen-bond donors (Lipinski definition) is 1. The third-order valence-corrected chi connectivity index (χ3v) is 1.53. The maximum Gasteiger partial charge on any atom is 0.347 e. The number of isocyanates is 1. The van der Waals surface area contributed by atoms with E-state index in [-0.39, 0.29) is 11.4 Å². The van der Waals surface area contributed by atoms with Crippen LogP contribution in [0.25, 0.3) is 0 Å². The monoisotopic (exact) mass is 182 g/mol. The molecule has 0 amide bonds. The van der Waals surface area contributed by atoms with Crippen LogP contribution in [-0.4, -0.2) is 21.2 Å². The van der Waals surface area contributed by atoms with Gasteiger partial charge in [0.25, 0.3) is 0 Å². The van der Waals surface area contributed by atoms with E-state index in [9.17, 15) is 14.9 Å². The Bertz CT molecular complexity index is 366. The lowest BCUT2D eigenvalue weighted by molar-refractivity contribution is -0.390. The summed E-state index contributed by atoms with van der Waals surface area (Å²) < 4.78 is 0. The molecule has 7 heteroatoms. The number of nitrogens with zero attached hydrogens (tertiary/aromatic N) is 3. The number of H-pyrrole nitrogens is 1. The van der Waals surface area contributed by atoms with E-state index in [2.05, 4.69) is 15.2 Å². The molecule has 0 fully saturated rings. The predicted octanol–water partition coefficient (Wildman–Crippen LogP) is 0.715. The summed E-state index contributed by atoms with van der Waals surface area (Å²) in [6.07, 6.45) is 2.60. The molecule has 0 saturated carbocycles. The van der Waals surface area contributed by atoms with E-state index >= 15 is 0 Å². The van der Waals surface area contributed by atoms with Gasteiger partial charge in [-0.15, -0.1) is 5.10 Å². The number of nitro groups is 1. The van der Waals surface area contributed by atoms with Crippen molar-refractivity contribution in [1.29, 1.82) is 0 Å². The Balaban J connectivity index is 3.06. The maximum absolute atomic E-state index is 10.4. The van der Waals surface area contributed by atoms with Gasteiger partial charge in [-0.3, -0.25) is 0 Å². The summed E-state index contributed by atoms with van der Waals surface area (Å²) in [5, 5.41) is 16.1. The summed E-state index contributed by atoms with van der Waals surface area (Å²) in [4.78, 5) is 23.0. The Kier molecular flexibility index (Phi) is 2.51. The zero-order valence-corrected chi connectivity index (χ0v) is 6.72. The summed E-state index contributed by atoms with van der Waals surface area (Å²) in [5.74, 6) is -0.244. The van der Waals surface area contributed by atoms with Gasteiger partial charge in [0, 0.05) is 0 Å². The van der Waals surface area contributed by atoms with Crippen LogP contribution in [0.2, 0.25) is 0 Å². The fourth-order valence-corrected chi connectivity index (χ4v) is 0.889. The molecule has 1 atom stereocenters. The van der Waals surface area contributed by atoms with Gasteiger partial charge in [0.2, 0.25) is 6.08 Å². The molecular formula is C6H6N4O3. The van der Waals surface area contributed by atoms with E-state index in [4.69, 9.17) is 0 Å². The van der Waals surface area contributed by atoms with Crippen molar-refractivity contribution in [2.45, 2.75) is 13.0 Å². The highest BCUT2D eigenvalue weighted by atomic mass is 16.6. The average Bonchev–Trinajstić information content (AvgIpc) is 2.52. The normalized spacial score (nSPS) is 11.8. The third kappa shape index (κ3) is 1.77. The van der Waals surface area contributed by atoms with Crippen molar-refractivity contribution < 1.29 is 9.72 Å². The standard InChI is InChI=1S/C6H6N4O3/c1-4(7-3-11)5-2-8-9-6(5)10(12)13/h2,4H,1H3,(H,8,9). The Morgan fingerprint density at radius 2 is 2.54 bits per heavy atom. The molecule has 0 aliphatic heterocycles. The van der Waals surface area contributed by atoms with Crippen molar-refractivity contribution in [3.8, 4) is 0 Å². The summed E-state index contributed by atoms with van der Waals surface area (Å²) in [6, 6.07) is -0.600. The molecule has 1 aromatic rings. The third-order valence-electron chi connectivity index (χ3n) is 1.53. The lowest BCUT2D eigenvalue weighted by Crippen LogP contribution is -1.95. The van der Waals surface area contributed by atoms with Crippen LogP contribution in [0.15, 0.2) is 11.2 Å². The van der Waals surface area contributed by atoms with Crippen LogP contribution in [0.1, 0.15) is 18.5 Å². The molecule has 1 heterocycles. The van der Waals surface area contributed by atoms with Crippen molar-refractivity contribution in [3.05, 3.63) is 21.9 Å². The average molecular weight is 182 g/mol. The molecule has 0 radical (unpaired) electrons. The Morgan fingerprint density at radius 3 is 3.08 bits per heavy atom. The lowest BCUT2D eigenvalue weighted by atomic mass is 10.2. The molecule has 7 nitrogen and oxygen atoms in total. The van der Waals surface area contributed by atoms with Gasteiger partial charge in [0.05, 0.1) is 17.8 Å². The molecule has 1 aromatic heterocycles. The first kappa shape index (κ1) is 9.08. The second kappa shape index (κ2) is 3.59. The van der Waals surface area contributed by atoms with Crippen molar-refractivity contribution in [2.75, 3.05) is 0 Å². The van der Waals surface area contributed by atoms with E-state index < -0.39 is 11.0 Å². The van der Waals surface area contributed by atoms with Gasteiger partial charge in [0.1, 0.15) is 0 Å². The van der Waals surface area contributed by atoms with Crippen LogP contribution < -0.4 is 0 Å². The summed E-state index contributed by atoms with van der Waals surface area (Å²) >= 11 is 0. The van der Waals surface area contributed by atoms with E-state index in [0.29, 0.717) is 0 Å². The second-order valence-corrected chi connectivity index (χ2v) is 2.33. The number of carbonyl (C=O) groups excluding carboxylic acids is 1. The van der Waals surface area contributed by atoms with Gasteiger partial charge >= 0.3 is 5.82 Å². The number of nitrogens with one attached hydrogen (secondary N) is 1. The van der Waals surface area contributed by atoms with E-state index in [1.54, 1.807) is 6.92 Å². The largest absolute Gasteiger partial charge is 0.358 e. The molecule has 0 aliphatic rings. The first-order valence-corrected chi connectivity index (χ1v) is 3.41. The van der Waals surface area contributed by atoms with Crippen molar-refractivity contribution in [1.82, 2.24) is 10.2 Å². The van der Waals surface area contributed by atoms with Crippen LogP contribution in [-0.2, 0) is 4.79 Å². The summed E-state index contributed by atoms with van der Waals surface area (Å²) in [5.41, 5.74) is 0.272. The SMILES string of the molecule is CC(N=C=O)c1cn[nH]c1[N+](=O)[O-]. The van der Waals surface area contributed by atoms with Gasteiger partial charge in [-0.1, -0.05) is 5.10 Å². The molecule has 0 aromatic carbocycles. The molecule has 1 rings (SSSR count). The van der Waals surface area contributed by atoms with Crippen LogP contribution in [0, 0.1) is 10.1 Å². The van der Waals surface area contributed by atoms with Crippen LogP contribution in [0.4, 0.5) is 5.82 Å². The van der Waals surface area contributed by atoms with E-state index in [1.807, 2.05) is 0 Å². The zero-order chi connectivity index (χ0) is 9.84. The summed E-state index contributed by atoms with van der Waals surface area (Å²) in [6.45, 7) is 1.54. The van der Waals surface area contributed by atoms with Crippen molar-refractivity contribution in [3.63, 3.8) is 0 Å². The molecule has 13 heavy (non-hydrogen) atoms. The molecule has 1 N–H and O–H groups in total. The van der Waals surface area contributed by atoms with Crippen LogP contribution >= 0.6 is 0 Å². The summed E-state index contributed by atoms with van der Waals surface area (Å²) in [7, 11) is 0. The number of aromatic amines is 1. The fraction of sp³-hybridized carbons (Fsp3) is 0.333. The maximum atomic E-state index is 10.4. The Hall–Kier alpha value is -2.01. The van der Waals surface area contributed by atoms with E-state index in [1.165, 1.54) is 12.3 Å². The van der Waals surface area contributed by atoms with Gasteiger partial charge in [0.15, 0.2) is 0 Å². The van der Waals surface area contributed by atoms with Crippen molar-refractivity contribution >= 4 is 11.9 Å². The van der Waals surface area contributed by atoms with Crippen molar-refractivity contribution in [2.24, 2.45) is 4.99 Å². The van der Waals surface area contributed by atoms with Gasteiger partial charge in [-0.05, 0) is 11.8 Å². The topological polar surface area (TPSA) is 101 Å². The van der Waals surface area contributed by atoms with Crippen LogP contribution in [0.3, 0.4) is 0 Å². The Labute approximate surface area is 72.6 Å². The van der Waals surface area contributed by atoms with Gasteiger partial charge < -0.3 is 10.1 Å². The lowest BCUT2D eigenvalue weighted by Gasteiger charge is -1.98. The second-order valence-electron chi connectivity index (χ2n) is 2.33. The minimum Gasteiger partial charge on any atom is -0.358 e. The molecule has 0 aliphatic carbocycles. The number of aliphatic imine (C=N–C) groups is 1. The number of rotatable bonds is 3. The molecule has 0 spiro atoms. The minimum absolute atomic E-state index is 0.244. The van der Waals surface area contributed by atoms with Gasteiger partial charge in [-0.2, -0.15) is 4.99 Å². The zero-order valence-electron chi connectivity index (χ0n) is 6.72. The smallest absolute Gasteiger partial charge is 0.347 e.